The third-order valence-corrected chi connectivity index (χ3v) is 18.0. The number of fused-ring (bicyclic) bond motifs is 5. The molecule has 0 bridgehead atoms. The van der Waals surface area contributed by atoms with Crippen LogP contribution in [0.4, 0.5) is 0 Å². The van der Waals surface area contributed by atoms with E-state index in [1.165, 1.54) is 13.0 Å². The Morgan fingerprint density at radius 2 is 1.52 bits per heavy atom. The zero-order valence-electron chi connectivity index (χ0n) is 40.3. The molecule has 20 atom stereocenters. The number of carbonyl (C=O) groups is 2. The summed E-state index contributed by atoms with van der Waals surface area (Å²) < 4.78 is 44.7. The highest BCUT2D eigenvalue weighted by Crippen LogP contribution is 2.71. The van der Waals surface area contributed by atoms with Crippen LogP contribution in [0.15, 0.2) is 48.1 Å². The lowest BCUT2D eigenvalue weighted by atomic mass is 9.42. The molecule has 2 heterocycles. The van der Waals surface area contributed by atoms with Gasteiger partial charge in [0.05, 0.1) is 48.1 Å². The monoisotopic (exact) mass is 941 g/mol. The molecule has 4 saturated carbocycles. The Labute approximate surface area is 395 Å². The lowest BCUT2D eigenvalue weighted by Gasteiger charge is -2.67. The van der Waals surface area contributed by atoms with Gasteiger partial charge >= 0.3 is 5.97 Å². The van der Waals surface area contributed by atoms with E-state index in [1.807, 2.05) is 43.3 Å². The van der Waals surface area contributed by atoms with Crippen molar-refractivity contribution in [3.05, 3.63) is 53.6 Å². The number of hydrogen-bond acceptors (Lipinski definition) is 15. The van der Waals surface area contributed by atoms with Crippen LogP contribution >= 0.6 is 0 Å². The average Bonchev–Trinajstić information content (AvgIpc) is 3.53. The molecule has 0 amide bonds. The summed E-state index contributed by atoms with van der Waals surface area (Å²) in [4.78, 5) is 26.9. The molecule has 15 nitrogen and oxygen atoms in total. The number of ketones is 1. The first kappa shape index (κ1) is 50.7. The van der Waals surface area contributed by atoms with Gasteiger partial charge in [0.2, 0.25) is 0 Å². The summed E-state index contributed by atoms with van der Waals surface area (Å²) >= 11 is 0. The van der Waals surface area contributed by atoms with Crippen LogP contribution in [0.25, 0.3) is 6.08 Å². The third-order valence-electron chi connectivity index (χ3n) is 18.0. The highest BCUT2D eigenvalue weighted by atomic mass is 16.7. The van der Waals surface area contributed by atoms with Crippen molar-refractivity contribution in [3.8, 4) is 0 Å². The number of benzene rings is 1. The predicted molar refractivity (Wildman–Crippen MR) is 244 cm³/mol. The summed E-state index contributed by atoms with van der Waals surface area (Å²) in [6.07, 6.45) is 3.61. The molecule has 2 aliphatic heterocycles. The smallest absolute Gasteiger partial charge is 0.331 e. The second-order valence-electron chi connectivity index (χ2n) is 21.6. The number of rotatable bonds is 13. The van der Waals surface area contributed by atoms with Gasteiger partial charge in [-0.2, -0.15) is 0 Å². The molecule has 15 heteroatoms. The first-order valence-corrected chi connectivity index (χ1v) is 24.8. The molecule has 67 heavy (non-hydrogen) atoms. The third kappa shape index (κ3) is 8.83. The average molecular weight is 941 g/mol. The molecule has 1 aromatic carbocycles. The van der Waals surface area contributed by atoms with Gasteiger partial charge in [0.15, 0.2) is 18.4 Å². The van der Waals surface area contributed by atoms with Crippen LogP contribution < -0.4 is 0 Å². The fraction of sp³-hybridized carbons (Fsp3) is 0.769. The van der Waals surface area contributed by atoms with Gasteiger partial charge in [-0.15, -0.1) is 0 Å². The number of carbonyl (C=O) groups excluding carboxylic acids is 2. The number of hydrogen-bond donors (Lipinski definition) is 6. The van der Waals surface area contributed by atoms with Crippen molar-refractivity contribution in [2.24, 2.45) is 34.5 Å². The predicted octanol–water partition coefficient (Wildman–Crippen LogP) is 4.55. The van der Waals surface area contributed by atoms with E-state index in [-0.39, 0.29) is 87.2 Å². The van der Waals surface area contributed by atoms with Gasteiger partial charge in [0.1, 0.15) is 29.0 Å². The Bertz CT molecular complexity index is 1980. The van der Waals surface area contributed by atoms with Crippen molar-refractivity contribution in [3.63, 3.8) is 0 Å². The van der Waals surface area contributed by atoms with E-state index in [0.717, 1.165) is 11.1 Å². The molecule has 0 aromatic heterocycles. The van der Waals surface area contributed by atoms with Crippen molar-refractivity contribution < 1.29 is 73.4 Å². The van der Waals surface area contributed by atoms with E-state index in [0.29, 0.717) is 44.9 Å². The number of aliphatic hydroxyl groups excluding tert-OH is 3. The summed E-state index contributed by atoms with van der Waals surface area (Å²) in [6.45, 7) is 10.5. The quantitative estimate of drug-likeness (QED) is 0.0908. The Balaban J connectivity index is 0.922. The summed E-state index contributed by atoms with van der Waals surface area (Å²) in [6, 6.07) is 9.30. The second-order valence-corrected chi connectivity index (χ2v) is 21.6. The van der Waals surface area contributed by atoms with Crippen LogP contribution in [0.3, 0.4) is 0 Å². The van der Waals surface area contributed by atoms with E-state index in [2.05, 4.69) is 13.8 Å². The van der Waals surface area contributed by atoms with Gasteiger partial charge in [-0.25, -0.2) is 4.79 Å². The van der Waals surface area contributed by atoms with E-state index in [4.69, 9.17) is 33.2 Å². The Morgan fingerprint density at radius 3 is 2.21 bits per heavy atom. The Hall–Kier alpha value is -2.64. The molecule has 0 spiro atoms. The fourth-order valence-corrected chi connectivity index (χ4v) is 14.0. The zero-order valence-corrected chi connectivity index (χ0v) is 40.3. The highest BCUT2D eigenvalue weighted by molar-refractivity contribution is 5.88. The summed E-state index contributed by atoms with van der Waals surface area (Å²) in [5.74, 6) is -2.31. The van der Waals surface area contributed by atoms with Gasteiger partial charge in [0, 0.05) is 57.0 Å². The number of ether oxygens (including phenoxy) is 7. The summed E-state index contributed by atoms with van der Waals surface area (Å²) in [7, 11) is 1.66. The van der Waals surface area contributed by atoms with E-state index in [1.54, 1.807) is 27.0 Å². The van der Waals surface area contributed by atoms with Crippen molar-refractivity contribution in [1.29, 1.82) is 0 Å². The van der Waals surface area contributed by atoms with Crippen LogP contribution in [0.2, 0.25) is 0 Å². The van der Waals surface area contributed by atoms with Gasteiger partial charge in [-0.3, -0.25) is 4.79 Å². The first-order chi connectivity index (χ1) is 31.7. The standard InChI is InChI=1S/C52H76O15/c1-29-21-38(22-35(28-54)46(29)67-43-23-34(27-53)45(57)30(2)62-43)65-47-31(3)63-44(25-39(47)61-7)64-37-16-17-48(5)36(24-37)15-18-51(59)40(48)26-41(66-42(56)14-13-33-11-9-8-10-12-33)49(6)50(58,32(4)55)19-20-52(49,51)60/h8-15,29-31,34-35,37-41,43-47,53-54,57-60H,16-28H2,1-7H3/t29?,30?,31?,34?,35?,37?,38?,39?,40?,41-,43?,44?,45?,46?,47?,48+,49-,50-,51+,52-/m1/s1. The maximum Gasteiger partial charge on any atom is 0.331 e. The number of methoxy groups -OCH3 is 1. The van der Waals surface area contributed by atoms with Gasteiger partial charge in [-0.05, 0) is 108 Å². The first-order valence-electron chi connectivity index (χ1n) is 24.8. The highest BCUT2D eigenvalue weighted by Gasteiger charge is 2.81. The zero-order chi connectivity index (χ0) is 48.3. The Morgan fingerprint density at radius 1 is 0.821 bits per heavy atom. The maximum absolute atomic E-state index is 13.6. The van der Waals surface area contributed by atoms with Crippen molar-refractivity contribution in [2.75, 3.05) is 20.3 Å². The molecule has 5 aliphatic carbocycles. The van der Waals surface area contributed by atoms with Gasteiger partial charge in [0.25, 0.3) is 0 Å². The van der Waals surface area contributed by atoms with Crippen LogP contribution in [-0.2, 0) is 42.7 Å². The van der Waals surface area contributed by atoms with Gasteiger partial charge < -0.3 is 63.8 Å². The number of Topliss-reactive ketones (excluding diaryl/α,β-unsaturated/α-hetero) is 1. The molecule has 6 fully saturated rings. The molecular formula is C52H76O15. The summed E-state index contributed by atoms with van der Waals surface area (Å²) in [5.41, 5.74) is -6.17. The molecule has 14 unspecified atom stereocenters. The largest absolute Gasteiger partial charge is 0.458 e. The maximum atomic E-state index is 13.6. The fourth-order valence-electron chi connectivity index (χ4n) is 14.0. The molecule has 8 rings (SSSR count). The SMILES string of the molecule is COC1CC(OC2CC[C@@]3(C)C(=CC[C@]4(O)C3C[C@@H](OC(=O)C=Cc3ccccc3)[C@@]3(C)[C@]4(O)CC[C@@]3(O)C(C)=O)C2)OC(C)C1OC1CC(C)C(OC2CC(CO)C(O)C(C)O2)C(CO)C1. The van der Waals surface area contributed by atoms with E-state index in [9.17, 15) is 40.2 Å². The van der Waals surface area contributed by atoms with Crippen molar-refractivity contribution in [2.45, 2.75) is 196 Å². The minimum absolute atomic E-state index is 0.0270. The molecule has 7 aliphatic rings. The second kappa shape index (κ2) is 19.5. The molecule has 6 N–H and O–H groups in total. The van der Waals surface area contributed by atoms with Crippen LogP contribution in [0.5, 0.6) is 0 Å². The van der Waals surface area contributed by atoms with E-state index >= 15 is 0 Å². The lowest BCUT2D eigenvalue weighted by molar-refractivity contribution is -0.315. The molecule has 374 valence electrons. The topological polar surface area (TPSA) is 220 Å². The normalized spacial score (nSPS) is 47.7. The molecule has 2 saturated heterocycles. The summed E-state index contributed by atoms with van der Waals surface area (Å²) in [5, 5.41) is 68.7. The van der Waals surface area contributed by atoms with Crippen molar-refractivity contribution in [1.82, 2.24) is 0 Å². The molecule has 0 radical (unpaired) electrons. The minimum atomic E-state index is -2.04. The van der Waals surface area contributed by atoms with E-state index < -0.39 is 82.3 Å². The van der Waals surface area contributed by atoms with Gasteiger partial charge in [-0.1, -0.05) is 55.8 Å². The van der Waals surface area contributed by atoms with Crippen LogP contribution in [0, 0.1) is 34.5 Å². The van der Waals surface area contributed by atoms with Crippen molar-refractivity contribution >= 4 is 17.8 Å². The minimum Gasteiger partial charge on any atom is -0.458 e. The number of aliphatic hydroxyl groups is 6. The molecular weight excluding hydrogens is 865 g/mol. The lowest BCUT2D eigenvalue weighted by Crippen LogP contribution is -2.78. The van der Waals surface area contributed by atoms with Crippen LogP contribution in [0.1, 0.15) is 118 Å². The number of esters is 1. The van der Waals surface area contributed by atoms with Crippen LogP contribution in [-0.4, -0.2) is 147 Å². The molecule has 1 aromatic rings. The Kier molecular flexibility index (Phi) is 14.8.